The van der Waals surface area contributed by atoms with Crippen LogP contribution in [0, 0.1) is 0 Å². The molecule has 0 bridgehead atoms. The number of hydrogen-bond donors (Lipinski definition) is 1. The van der Waals surface area contributed by atoms with Crippen LogP contribution in [0.2, 0.25) is 0 Å². The van der Waals surface area contributed by atoms with E-state index in [1.165, 1.54) is 16.9 Å². The molecule has 3 rings (SSSR count). The summed E-state index contributed by atoms with van der Waals surface area (Å²) in [5.41, 5.74) is 3.12. The second kappa shape index (κ2) is 7.75. The second-order valence-corrected chi connectivity index (χ2v) is 6.10. The number of ether oxygens (including phenoxy) is 1. The van der Waals surface area contributed by atoms with Gasteiger partial charge >= 0.3 is 0 Å². The van der Waals surface area contributed by atoms with Crippen LogP contribution in [0.15, 0.2) is 60.0 Å². The molecule has 0 unspecified atom stereocenters. The van der Waals surface area contributed by atoms with Crippen LogP contribution in [0.3, 0.4) is 0 Å². The van der Waals surface area contributed by atoms with E-state index in [0.29, 0.717) is 10.9 Å². The van der Waals surface area contributed by atoms with Crippen LogP contribution in [0.1, 0.15) is 12.5 Å². The van der Waals surface area contributed by atoms with Gasteiger partial charge in [-0.25, -0.2) is 4.98 Å². The molecule has 122 valence electrons. The summed E-state index contributed by atoms with van der Waals surface area (Å²) >= 11 is 1.40. The first-order chi connectivity index (χ1) is 11.7. The molecule has 0 fully saturated rings. The SMILES string of the molecule is CCc1ccc(OCC(=O)Nc2nc(-c3ccccc3)cs2)cc1. The number of carbonyl (C=O) groups is 1. The number of nitrogens with zero attached hydrogens (tertiary/aromatic N) is 1. The number of anilines is 1. The molecule has 0 saturated carbocycles. The van der Waals surface area contributed by atoms with Gasteiger partial charge in [-0.15, -0.1) is 11.3 Å². The summed E-state index contributed by atoms with van der Waals surface area (Å²) in [5, 5.41) is 5.27. The summed E-state index contributed by atoms with van der Waals surface area (Å²) < 4.78 is 5.50. The van der Waals surface area contributed by atoms with Gasteiger partial charge in [0.25, 0.3) is 5.91 Å². The lowest BCUT2D eigenvalue weighted by atomic mass is 10.2. The van der Waals surface area contributed by atoms with E-state index in [2.05, 4.69) is 17.2 Å². The van der Waals surface area contributed by atoms with Crippen LogP contribution in [0.5, 0.6) is 5.75 Å². The molecule has 0 aliphatic carbocycles. The second-order valence-electron chi connectivity index (χ2n) is 5.24. The molecule has 0 aliphatic rings. The van der Waals surface area contributed by atoms with Crippen molar-refractivity contribution in [3.63, 3.8) is 0 Å². The Morgan fingerprint density at radius 1 is 1.12 bits per heavy atom. The lowest BCUT2D eigenvalue weighted by molar-refractivity contribution is -0.118. The topological polar surface area (TPSA) is 51.2 Å². The molecule has 0 spiro atoms. The molecule has 0 atom stereocenters. The van der Waals surface area contributed by atoms with Crippen LogP contribution in [-0.2, 0) is 11.2 Å². The van der Waals surface area contributed by atoms with Crippen molar-refractivity contribution in [3.05, 3.63) is 65.5 Å². The fraction of sp³-hybridized carbons (Fsp3) is 0.158. The van der Waals surface area contributed by atoms with Gasteiger partial charge in [-0.2, -0.15) is 0 Å². The molecule has 1 N–H and O–H groups in total. The van der Waals surface area contributed by atoms with E-state index >= 15 is 0 Å². The predicted molar refractivity (Wildman–Crippen MR) is 97.5 cm³/mol. The van der Waals surface area contributed by atoms with Gasteiger partial charge in [0.15, 0.2) is 11.7 Å². The van der Waals surface area contributed by atoms with Crippen molar-refractivity contribution < 1.29 is 9.53 Å². The molecular weight excluding hydrogens is 320 g/mol. The minimum Gasteiger partial charge on any atom is -0.484 e. The fourth-order valence-corrected chi connectivity index (χ4v) is 2.93. The van der Waals surface area contributed by atoms with E-state index in [1.54, 1.807) is 0 Å². The predicted octanol–water partition coefficient (Wildman–Crippen LogP) is 4.39. The highest BCUT2D eigenvalue weighted by Gasteiger charge is 2.08. The van der Waals surface area contributed by atoms with E-state index in [-0.39, 0.29) is 12.5 Å². The molecule has 1 aromatic heterocycles. The first-order valence-corrected chi connectivity index (χ1v) is 8.65. The van der Waals surface area contributed by atoms with Crippen LogP contribution in [0.25, 0.3) is 11.3 Å². The molecule has 4 nitrogen and oxygen atoms in total. The third kappa shape index (κ3) is 4.20. The average Bonchev–Trinajstić information content (AvgIpc) is 3.09. The Kier molecular flexibility index (Phi) is 5.23. The van der Waals surface area contributed by atoms with Crippen LogP contribution in [0.4, 0.5) is 5.13 Å². The maximum Gasteiger partial charge on any atom is 0.264 e. The van der Waals surface area contributed by atoms with E-state index in [0.717, 1.165) is 17.7 Å². The summed E-state index contributed by atoms with van der Waals surface area (Å²) in [4.78, 5) is 16.4. The monoisotopic (exact) mass is 338 g/mol. The third-order valence-electron chi connectivity index (χ3n) is 3.52. The average molecular weight is 338 g/mol. The number of amides is 1. The molecule has 24 heavy (non-hydrogen) atoms. The zero-order valence-electron chi connectivity index (χ0n) is 13.4. The van der Waals surface area contributed by atoms with Gasteiger partial charge in [0, 0.05) is 10.9 Å². The summed E-state index contributed by atoms with van der Waals surface area (Å²) in [6.45, 7) is 2.06. The number of aromatic nitrogens is 1. The van der Waals surface area contributed by atoms with Crippen molar-refractivity contribution in [1.29, 1.82) is 0 Å². The molecule has 1 amide bonds. The van der Waals surface area contributed by atoms with E-state index < -0.39 is 0 Å². The van der Waals surface area contributed by atoms with Crippen LogP contribution in [-0.4, -0.2) is 17.5 Å². The lowest BCUT2D eigenvalue weighted by Gasteiger charge is -2.06. The van der Waals surface area contributed by atoms with Crippen molar-refractivity contribution in [2.75, 3.05) is 11.9 Å². The summed E-state index contributed by atoms with van der Waals surface area (Å²) in [6, 6.07) is 17.6. The Balaban J connectivity index is 1.54. The van der Waals surface area contributed by atoms with E-state index in [9.17, 15) is 4.79 Å². The Morgan fingerprint density at radius 2 is 1.88 bits per heavy atom. The summed E-state index contributed by atoms with van der Waals surface area (Å²) in [5.74, 6) is 0.468. The molecule has 3 aromatic rings. The van der Waals surface area contributed by atoms with Gasteiger partial charge in [0.1, 0.15) is 5.75 Å². The van der Waals surface area contributed by atoms with Gasteiger partial charge in [-0.1, -0.05) is 49.4 Å². The summed E-state index contributed by atoms with van der Waals surface area (Å²) in [6.07, 6.45) is 0.981. The standard InChI is InChI=1S/C19H18N2O2S/c1-2-14-8-10-16(11-9-14)23-12-18(22)21-19-20-17(13-24-19)15-6-4-3-5-7-15/h3-11,13H,2,12H2,1H3,(H,20,21,22). The number of carbonyl (C=O) groups excluding carboxylic acids is 1. The van der Waals surface area contributed by atoms with Gasteiger partial charge < -0.3 is 4.74 Å². The number of hydrogen-bond acceptors (Lipinski definition) is 4. The van der Waals surface area contributed by atoms with Gasteiger partial charge in [-0.05, 0) is 24.1 Å². The lowest BCUT2D eigenvalue weighted by Crippen LogP contribution is -2.20. The molecule has 5 heteroatoms. The Bertz CT molecular complexity index is 798. The highest BCUT2D eigenvalue weighted by atomic mass is 32.1. The highest BCUT2D eigenvalue weighted by Crippen LogP contribution is 2.24. The van der Waals surface area contributed by atoms with Crippen LogP contribution >= 0.6 is 11.3 Å². The van der Waals surface area contributed by atoms with Crippen LogP contribution < -0.4 is 10.1 Å². The molecule has 0 radical (unpaired) electrons. The number of aryl methyl sites for hydroxylation is 1. The van der Waals surface area contributed by atoms with Crippen molar-refractivity contribution in [2.24, 2.45) is 0 Å². The smallest absolute Gasteiger partial charge is 0.264 e. The van der Waals surface area contributed by atoms with Crippen molar-refractivity contribution >= 4 is 22.4 Å². The summed E-state index contributed by atoms with van der Waals surface area (Å²) in [7, 11) is 0. The number of thiazole rings is 1. The van der Waals surface area contributed by atoms with Gasteiger partial charge in [-0.3, -0.25) is 10.1 Å². The maximum atomic E-state index is 12.0. The van der Waals surface area contributed by atoms with Crippen molar-refractivity contribution in [1.82, 2.24) is 4.98 Å². The van der Waals surface area contributed by atoms with Crippen molar-refractivity contribution in [2.45, 2.75) is 13.3 Å². The minimum absolute atomic E-state index is 0.0360. The van der Waals surface area contributed by atoms with Gasteiger partial charge in [0.2, 0.25) is 0 Å². The minimum atomic E-state index is -0.219. The van der Waals surface area contributed by atoms with E-state index in [1.807, 2.05) is 60.0 Å². The Hall–Kier alpha value is -2.66. The normalized spacial score (nSPS) is 10.4. The first kappa shape index (κ1) is 16.2. The number of nitrogens with one attached hydrogen (secondary N) is 1. The Labute approximate surface area is 145 Å². The molecular formula is C19H18N2O2S. The zero-order valence-corrected chi connectivity index (χ0v) is 14.2. The fourth-order valence-electron chi connectivity index (χ4n) is 2.20. The maximum absolute atomic E-state index is 12.0. The first-order valence-electron chi connectivity index (χ1n) is 7.77. The molecule has 1 heterocycles. The molecule has 0 saturated heterocycles. The quantitative estimate of drug-likeness (QED) is 0.725. The number of rotatable bonds is 6. The van der Waals surface area contributed by atoms with Crippen molar-refractivity contribution in [3.8, 4) is 17.0 Å². The zero-order chi connectivity index (χ0) is 16.8. The molecule has 0 aliphatic heterocycles. The van der Waals surface area contributed by atoms with E-state index in [4.69, 9.17) is 4.74 Å². The highest BCUT2D eigenvalue weighted by molar-refractivity contribution is 7.14. The Morgan fingerprint density at radius 3 is 2.58 bits per heavy atom. The largest absolute Gasteiger partial charge is 0.484 e. The third-order valence-corrected chi connectivity index (χ3v) is 4.28. The number of benzene rings is 2. The molecule has 2 aromatic carbocycles. The van der Waals surface area contributed by atoms with Gasteiger partial charge in [0.05, 0.1) is 5.69 Å².